The highest BCUT2D eigenvalue weighted by atomic mass is 35.5. The number of rotatable bonds is 2. The van der Waals surface area contributed by atoms with E-state index in [0.29, 0.717) is 0 Å². The largest absolute Gasteiger partial charge is 0.573 e. The molecule has 0 fully saturated rings. The molecule has 0 aliphatic carbocycles. The van der Waals surface area contributed by atoms with Gasteiger partial charge in [0.1, 0.15) is 0 Å². The van der Waals surface area contributed by atoms with Crippen LogP contribution in [0.25, 0.3) is 0 Å². The summed E-state index contributed by atoms with van der Waals surface area (Å²) < 4.78 is 39.4. The van der Waals surface area contributed by atoms with Crippen LogP contribution in [0.15, 0.2) is 12.1 Å². The van der Waals surface area contributed by atoms with E-state index in [1.54, 1.807) is 0 Å². The number of hydrogen-bond donors (Lipinski definition) is 2. The van der Waals surface area contributed by atoms with Crippen LogP contribution < -0.4 is 16.2 Å². The second-order valence-corrected chi connectivity index (χ2v) is 3.15. The Morgan fingerprint density at radius 3 is 2.38 bits per heavy atom. The van der Waals surface area contributed by atoms with Crippen LogP contribution in [0.5, 0.6) is 5.75 Å². The summed E-state index contributed by atoms with van der Waals surface area (Å²) in [5, 5.41) is -0.139. The zero-order valence-corrected chi connectivity index (χ0v) is 8.39. The van der Waals surface area contributed by atoms with Crippen molar-refractivity contribution in [3.8, 4) is 5.75 Å². The molecule has 1 aromatic carbocycles. The Balaban J connectivity index is 3.24. The molecule has 0 heterocycles. The second kappa shape index (κ2) is 4.09. The van der Waals surface area contributed by atoms with Crippen molar-refractivity contribution in [2.24, 2.45) is 5.73 Å². The molecular weight excluding hydrogens is 249 g/mol. The number of halogens is 4. The summed E-state index contributed by atoms with van der Waals surface area (Å²) >= 11 is 5.55. The van der Waals surface area contributed by atoms with Crippen molar-refractivity contribution in [3.05, 3.63) is 22.7 Å². The number of hydrogen-bond acceptors (Lipinski definition) is 3. The van der Waals surface area contributed by atoms with Crippen molar-refractivity contribution >= 4 is 23.2 Å². The van der Waals surface area contributed by atoms with E-state index in [1.807, 2.05) is 0 Å². The fourth-order valence-electron chi connectivity index (χ4n) is 1.04. The fourth-order valence-corrected chi connectivity index (χ4v) is 1.30. The van der Waals surface area contributed by atoms with Gasteiger partial charge in [-0.05, 0) is 12.1 Å². The lowest BCUT2D eigenvalue weighted by atomic mass is 10.1. The Bertz CT molecular complexity index is 434. The zero-order valence-electron chi connectivity index (χ0n) is 7.64. The quantitative estimate of drug-likeness (QED) is 0.792. The predicted octanol–water partition coefficient (Wildman–Crippen LogP) is 1.92. The molecule has 0 aliphatic heterocycles. The molecule has 1 rings (SSSR count). The first kappa shape index (κ1) is 12.4. The summed E-state index contributed by atoms with van der Waals surface area (Å²) in [5.74, 6) is -1.75. The Hall–Kier alpha value is -1.63. The van der Waals surface area contributed by atoms with Crippen molar-refractivity contribution in [2.75, 3.05) is 5.73 Å². The molecule has 0 saturated heterocycles. The highest BCUT2D eigenvalue weighted by Gasteiger charge is 2.32. The van der Waals surface area contributed by atoms with E-state index in [0.717, 1.165) is 12.1 Å². The zero-order chi connectivity index (χ0) is 12.5. The monoisotopic (exact) mass is 254 g/mol. The number of anilines is 1. The number of carbonyl (C=O) groups is 1. The first-order valence-corrected chi connectivity index (χ1v) is 4.23. The van der Waals surface area contributed by atoms with Gasteiger partial charge in [0.05, 0.1) is 16.3 Å². The van der Waals surface area contributed by atoms with E-state index in [-0.39, 0.29) is 5.02 Å². The van der Waals surface area contributed by atoms with Gasteiger partial charge in [-0.25, -0.2) is 0 Å². The Morgan fingerprint density at radius 1 is 1.38 bits per heavy atom. The van der Waals surface area contributed by atoms with E-state index in [1.165, 1.54) is 0 Å². The Kier molecular flexibility index (Phi) is 3.18. The van der Waals surface area contributed by atoms with Crippen LogP contribution >= 0.6 is 11.6 Å². The average Bonchev–Trinajstić information content (AvgIpc) is 2.07. The lowest BCUT2D eigenvalue weighted by molar-refractivity contribution is -0.274. The SMILES string of the molecule is NC(=O)c1c(Cl)ccc(OC(F)(F)F)c1N. The van der Waals surface area contributed by atoms with Crippen molar-refractivity contribution in [2.45, 2.75) is 6.36 Å². The van der Waals surface area contributed by atoms with Crippen molar-refractivity contribution < 1.29 is 22.7 Å². The molecule has 1 amide bonds. The molecule has 0 saturated carbocycles. The number of carbonyl (C=O) groups excluding carboxylic acids is 1. The number of nitrogens with two attached hydrogens (primary N) is 2. The van der Waals surface area contributed by atoms with Crippen molar-refractivity contribution in [1.82, 2.24) is 0 Å². The highest BCUT2D eigenvalue weighted by Crippen LogP contribution is 2.34. The maximum atomic E-state index is 11.9. The molecule has 0 unspecified atom stereocenters. The number of nitrogen functional groups attached to an aromatic ring is 1. The smallest absolute Gasteiger partial charge is 0.404 e. The van der Waals surface area contributed by atoms with E-state index in [4.69, 9.17) is 23.1 Å². The molecule has 0 aliphatic rings. The minimum absolute atomic E-state index is 0.139. The molecule has 0 radical (unpaired) electrons. The van der Waals surface area contributed by atoms with Crippen LogP contribution in [0.3, 0.4) is 0 Å². The lowest BCUT2D eigenvalue weighted by Gasteiger charge is -2.13. The third kappa shape index (κ3) is 2.69. The summed E-state index contributed by atoms with van der Waals surface area (Å²) in [6.45, 7) is 0. The van der Waals surface area contributed by atoms with E-state index in [2.05, 4.69) is 4.74 Å². The highest BCUT2D eigenvalue weighted by molar-refractivity contribution is 6.34. The second-order valence-electron chi connectivity index (χ2n) is 2.75. The number of benzene rings is 1. The van der Waals surface area contributed by atoms with Crippen LogP contribution in [0, 0.1) is 0 Å². The summed E-state index contributed by atoms with van der Waals surface area (Å²) in [7, 11) is 0. The maximum absolute atomic E-state index is 11.9. The molecule has 16 heavy (non-hydrogen) atoms. The summed E-state index contributed by atoms with van der Waals surface area (Å²) in [6, 6.07) is 1.94. The van der Waals surface area contributed by atoms with Gasteiger partial charge in [-0.15, -0.1) is 13.2 Å². The Morgan fingerprint density at radius 2 is 1.94 bits per heavy atom. The third-order valence-electron chi connectivity index (χ3n) is 1.63. The van der Waals surface area contributed by atoms with Crippen molar-refractivity contribution in [1.29, 1.82) is 0 Å². The van der Waals surface area contributed by atoms with E-state index in [9.17, 15) is 18.0 Å². The number of amides is 1. The predicted molar refractivity (Wildman–Crippen MR) is 51.1 cm³/mol. The molecule has 4 N–H and O–H groups in total. The topological polar surface area (TPSA) is 78.3 Å². The maximum Gasteiger partial charge on any atom is 0.573 e. The van der Waals surface area contributed by atoms with Crippen LogP contribution in [0.4, 0.5) is 18.9 Å². The molecular formula is C8H6ClF3N2O2. The van der Waals surface area contributed by atoms with Gasteiger partial charge < -0.3 is 16.2 Å². The van der Waals surface area contributed by atoms with Crippen LogP contribution in [-0.2, 0) is 0 Å². The summed E-state index contributed by atoms with van der Waals surface area (Å²) in [4.78, 5) is 10.9. The van der Waals surface area contributed by atoms with Gasteiger partial charge in [-0.2, -0.15) is 0 Å². The lowest BCUT2D eigenvalue weighted by Crippen LogP contribution is -2.20. The fraction of sp³-hybridized carbons (Fsp3) is 0.125. The molecule has 0 spiro atoms. The van der Waals surface area contributed by atoms with Gasteiger partial charge >= 0.3 is 6.36 Å². The van der Waals surface area contributed by atoms with E-state index >= 15 is 0 Å². The molecule has 0 atom stereocenters. The van der Waals surface area contributed by atoms with Crippen LogP contribution in [0.1, 0.15) is 10.4 Å². The molecule has 88 valence electrons. The molecule has 0 aromatic heterocycles. The van der Waals surface area contributed by atoms with Gasteiger partial charge in [-0.1, -0.05) is 11.6 Å². The van der Waals surface area contributed by atoms with E-state index < -0.39 is 29.3 Å². The summed E-state index contributed by atoms with van der Waals surface area (Å²) in [5.41, 5.74) is 9.25. The first-order valence-electron chi connectivity index (χ1n) is 3.86. The minimum Gasteiger partial charge on any atom is -0.404 e. The molecule has 8 heteroatoms. The van der Waals surface area contributed by atoms with Gasteiger partial charge in [0.25, 0.3) is 5.91 Å². The van der Waals surface area contributed by atoms with Gasteiger partial charge in [0, 0.05) is 0 Å². The first-order chi connectivity index (χ1) is 7.22. The van der Waals surface area contributed by atoms with Crippen molar-refractivity contribution in [3.63, 3.8) is 0 Å². The number of alkyl halides is 3. The minimum atomic E-state index is -4.91. The van der Waals surface area contributed by atoms with Gasteiger partial charge in [0.15, 0.2) is 5.75 Å². The Labute approximate surface area is 92.9 Å². The number of ether oxygens (including phenoxy) is 1. The molecule has 0 bridgehead atoms. The average molecular weight is 255 g/mol. The third-order valence-corrected chi connectivity index (χ3v) is 1.94. The standard InChI is InChI=1S/C8H6ClF3N2O2/c9-3-1-2-4(16-8(10,11)12)6(13)5(3)7(14)15/h1-2H,13H2,(H2,14,15). The molecule has 4 nitrogen and oxygen atoms in total. The normalized spacial score (nSPS) is 11.2. The van der Waals surface area contributed by atoms with Gasteiger partial charge in [0.2, 0.25) is 0 Å². The number of primary amides is 1. The van der Waals surface area contributed by atoms with Crippen LogP contribution in [-0.4, -0.2) is 12.3 Å². The molecule has 1 aromatic rings. The van der Waals surface area contributed by atoms with Gasteiger partial charge in [-0.3, -0.25) is 4.79 Å². The summed E-state index contributed by atoms with van der Waals surface area (Å²) in [6.07, 6.45) is -4.91. The van der Waals surface area contributed by atoms with Crippen LogP contribution in [0.2, 0.25) is 5.02 Å².